The summed E-state index contributed by atoms with van der Waals surface area (Å²) in [5.74, 6) is 0.798. The highest BCUT2D eigenvalue weighted by Crippen LogP contribution is 2.24. The molecule has 0 amide bonds. The summed E-state index contributed by atoms with van der Waals surface area (Å²) >= 11 is 0. The number of nitrogens with zero attached hydrogens (tertiary/aromatic N) is 2. The fourth-order valence-corrected chi connectivity index (χ4v) is 2.61. The predicted octanol–water partition coefficient (Wildman–Crippen LogP) is 5.09. The van der Waals surface area contributed by atoms with E-state index in [2.05, 4.69) is 24.3 Å². The van der Waals surface area contributed by atoms with E-state index in [9.17, 15) is 0 Å². The molecule has 140 valence electrons. The van der Waals surface area contributed by atoms with Gasteiger partial charge in [0.25, 0.3) is 0 Å². The lowest BCUT2D eigenvalue weighted by Gasteiger charge is -2.20. The Labute approximate surface area is 153 Å². The van der Waals surface area contributed by atoms with Gasteiger partial charge in [0, 0.05) is 25.9 Å². The highest BCUT2D eigenvalue weighted by Gasteiger charge is 2.18. The predicted molar refractivity (Wildman–Crippen MR) is 108 cm³/mol. The van der Waals surface area contributed by atoms with Gasteiger partial charge in [0.1, 0.15) is 12.3 Å². The van der Waals surface area contributed by atoms with E-state index in [1.165, 1.54) is 6.21 Å². The molecule has 1 heterocycles. The van der Waals surface area contributed by atoms with E-state index in [1.54, 1.807) is 0 Å². The maximum Gasteiger partial charge on any atom is 0.154 e. The lowest BCUT2D eigenvalue weighted by atomic mass is 10.1. The van der Waals surface area contributed by atoms with Gasteiger partial charge in [-0.05, 0) is 20.3 Å². The van der Waals surface area contributed by atoms with Gasteiger partial charge in [0.05, 0.1) is 5.69 Å². The standard InChI is InChI=1S/C18H26N4O.C2H6.H2/c1-4-9-14(3)21-22-17(13-23-5-2)20-16(12-19)18(22)15-10-7-6-8-11-15;1-2;/h6-8,10-12,14,19,21H,4-5,9,13H2,1-3H3;1-2H3;1H. The zero-order chi connectivity index (χ0) is 18.7. The molecule has 0 saturated heterocycles. The molecule has 0 aliphatic rings. The SMILES string of the molecule is CC.CCCC(C)Nn1c(COCC)nc(C=N)c1-c1ccccc1.[HH]. The third kappa shape index (κ3) is 5.71. The molecule has 1 unspecified atom stereocenters. The molecule has 0 fully saturated rings. The highest BCUT2D eigenvalue weighted by molar-refractivity contribution is 5.85. The van der Waals surface area contributed by atoms with Crippen LogP contribution in [0.15, 0.2) is 30.3 Å². The maximum atomic E-state index is 7.71. The molecule has 0 aliphatic carbocycles. The fourth-order valence-electron chi connectivity index (χ4n) is 2.61. The molecule has 0 bridgehead atoms. The molecule has 1 aromatic heterocycles. The van der Waals surface area contributed by atoms with E-state index >= 15 is 0 Å². The molecule has 1 atom stereocenters. The van der Waals surface area contributed by atoms with Gasteiger partial charge >= 0.3 is 0 Å². The number of hydrogen-bond acceptors (Lipinski definition) is 4. The molecule has 0 saturated carbocycles. The van der Waals surface area contributed by atoms with Crippen molar-refractivity contribution in [1.29, 1.82) is 5.41 Å². The largest absolute Gasteiger partial charge is 0.374 e. The van der Waals surface area contributed by atoms with Crippen molar-refractivity contribution in [2.45, 2.75) is 60.1 Å². The van der Waals surface area contributed by atoms with Crippen molar-refractivity contribution in [3.63, 3.8) is 0 Å². The molecule has 0 spiro atoms. The van der Waals surface area contributed by atoms with Crippen LogP contribution in [-0.2, 0) is 11.3 Å². The van der Waals surface area contributed by atoms with Crippen molar-refractivity contribution in [3.05, 3.63) is 41.9 Å². The molecule has 0 radical (unpaired) electrons. The van der Waals surface area contributed by atoms with E-state index in [0.717, 1.165) is 29.9 Å². The van der Waals surface area contributed by atoms with E-state index in [1.807, 2.05) is 55.8 Å². The van der Waals surface area contributed by atoms with Crippen molar-refractivity contribution in [2.24, 2.45) is 0 Å². The number of aromatic nitrogens is 2. The van der Waals surface area contributed by atoms with Crippen molar-refractivity contribution < 1.29 is 6.16 Å². The van der Waals surface area contributed by atoms with E-state index in [0.29, 0.717) is 24.9 Å². The number of rotatable bonds is 9. The third-order valence-electron chi connectivity index (χ3n) is 3.66. The fraction of sp³-hybridized carbons (Fsp3) is 0.500. The van der Waals surface area contributed by atoms with Gasteiger partial charge in [-0.25, -0.2) is 9.66 Å². The monoisotopic (exact) mass is 346 g/mol. The van der Waals surface area contributed by atoms with Gasteiger partial charge in [0.15, 0.2) is 5.82 Å². The summed E-state index contributed by atoms with van der Waals surface area (Å²) in [5.41, 5.74) is 6.12. The lowest BCUT2D eigenvalue weighted by molar-refractivity contribution is 0.126. The topological polar surface area (TPSA) is 62.9 Å². The summed E-state index contributed by atoms with van der Waals surface area (Å²) in [6, 6.07) is 10.4. The first-order valence-corrected chi connectivity index (χ1v) is 9.23. The number of imidazole rings is 1. The quantitative estimate of drug-likeness (QED) is 0.622. The normalized spacial score (nSPS) is 11.4. The molecule has 1 aromatic carbocycles. The van der Waals surface area contributed by atoms with E-state index in [4.69, 9.17) is 10.1 Å². The first-order chi connectivity index (χ1) is 12.2. The molecular weight excluding hydrogens is 312 g/mol. The summed E-state index contributed by atoms with van der Waals surface area (Å²) < 4.78 is 7.54. The zero-order valence-corrected chi connectivity index (χ0v) is 16.2. The minimum atomic E-state index is 0. The van der Waals surface area contributed by atoms with Crippen LogP contribution in [0, 0.1) is 5.41 Å². The summed E-state index contributed by atoms with van der Waals surface area (Å²) in [5, 5.41) is 7.71. The molecule has 2 aromatic rings. The number of ether oxygens (including phenoxy) is 1. The first kappa shape index (κ1) is 20.9. The minimum Gasteiger partial charge on any atom is -0.374 e. The van der Waals surface area contributed by atoms with Crippen LogP contribution in [0.5, 0.6) is 0 Å². The smallest absolute Gasteiger partial charge is 0.154 e. The Bertz CT molecular complexity index is 628. The van der Waals surface area contributed by atoms with Crippen LogP contribution in [-0.4, -0.2) is 28.5 Å². The van der Waals surface area contributed by atoms with Gasteiger partial charge in [0.2, 0.25) is 0 Å². The van der Waals surface area contributed by atoms with Crippen molar-refractivity contribution in [1.82, 2.24) is 9.66 Å². The zero-order valence-electron chi connectivity index (χ0n) is 16.2. The lowest BCUT2D eigenvalue weighted by Crippen LogP contribution is -2.27. The number of nitrogens with one attached hydrogen (secondary N) is 2. The van der Waals surface area contributed by atoms with Crippen molar-refractivity contribution in [3.8, 4) is 11.3 Å². The van der Waals surface area contributed by atoms with Gasteiger partial charge in [-0.15, -0.1) is 0 Å². The molecular formula is C20H34N4O. The van der Waals surface area contributed by atoms with Gasteiger partial charge < -0.3 is 15.6 Å². The Morgan fingerprint density at radius 2 is 1.96 bits per heavy atom. The van der Waals surface area contributed by atoms with Crippen LogP contribution in [0.3, 0.4) is 0 Å². The summed E-state index contributed by atoms with van der Waals surface area (Å²) in [4.78, 5) is 4.59. The second-order valence-electron chi connectivity index (χ2n) is 5.56. The van der Waals surface area contributed by atoms with Crippen LogP contribution in [0.2, 0.25) is 0 Å². The Hall–Kier alpha value is -2.14. The average molecular weight is 347 g/mol. The van der Waals surface area contributed by atoms with Crippen LogP contribution in [0.4, 0.5) is 0 Å². The first-order valence-electron chi connectivity index (χ1n) is 9.23. The number of hydrogen-bond donors (Lipinski definition) is 2. The Morgan fingerprint density at radius 1 is 1.28 bits per heavy atom. The second kappa shape index (κ2) is 11.4. The van der Waals surface area contributed by atoms with E-state index in [-0.39, 0.29) is 1.43 Å². The molecule has 5 heteroatoms. The van der Waals surface area contributed by atoms with E-state index < -0.39 is 0 Å². The summed E-state index contributed by atoms with van der Waals surface area (Å²) in [6.07, 6.45) is 3.49. The maximum absolute atomic E-state index is 7.71. The van der Waals surface area contributed by atoms with Crippen molar-refractivity contribution >= 4 is 6.21 Å². The third-order valence-corrected chi connectivity index (χ3v) is 3.66. The average Bonchev–Trinajstić information content (AvgIpc) is 2.99. The molecule has 0 aliphatic heterocycles. The Balaban J connectivity index is 0.00000201. The van der Waals surface area contributed by atoms with Crippen LogP contribution in [0.1, 0.15) is 60.4 Å². The Kier molecular flexibility index (Phi) is 9.55. The molecule has 2 N–H and O–H groups in total. The Morgan fingerprint density at radius 3 is 2.52 bits per heavy atom. The molecule has 25 heavy (non-hydrogen) atoms. The van der Waals surface area contributed by atoms with Crippen LogP contribution in [0.25, 0.3) is 11.3 Å². The van der Waals surface area contributed by atoms with Crippen LogP contribution >= 0.6 is 0 Å². The van der Waals surface area contributed by atoms with Gasteiger partial charge in [-0.1, -0.05) is 57.5 Å². The summed E-state index contributed by atoms with van der Waals surface area (Å²) in [7, 11) is 0. The molecule has 5 nitrogen and oxygen atoms in total. The van der Waals surface area contributed by atoms with Crippen LogP contribution < -0.4 is 5.43 Å². The second-order valence-corrected chi connectivity index (χ2v) is 5.56. The molecule has 2 rings (SSSR count). The summed E-state index contributed by atoms with van der Waals surface area (Å²) in [6.45, 7) is 11.4. The van der Waals surface area contributed by atoms with Gasteiger partial charge in [-0.2, -0.15) is 0 Å². The van der Waals surface area contributed by atoms with Crippen molar-refractivity contribution in [2.75, 3.05) is 12.0 Å². The highest BCUT2D eigenvalue weighted by atomic mass is 16.5. The minimum absolute atomic E-state index is 0. The number of benzene rings is 1. The van der Waals surface area contributed by atoms with Gasteiger partial charge in [-0.3, -0.25) is 0 Å².